The van der Waals surface area contributed by atoms with Gasteiger partial charge in [-0.3, -0.25) is 14.2 Å². The first-order valence-corrected chi connectivity index (χ1v) is 12.4. The minimum absolute atomic E-state index is 0.101. The highest BCUT2D eigenvalue weighted by Crippen LogP contribution is 2.24. The zero-order chi connectivity index (χ0) is 27.3. The zero-order valence-corrected chi connectivity index (χ0v) is 21.6. The predicted molar refractivity (Wildman–Crippen MR) is 145 cm³/mol. The number of nitrogens with two attached hydrogens (primary N) is 1. The van der Waals surface area contributed by atoms with Gasteiger partial charge >= 0.3 is 6.09 Å². The number of nitrogens with one attached hydrogen (secondary N) is 2. The van der Waals surface area contributed by atoms with Crippen LogP contribution < -0.4 is 21.9 Å². The molecule has 2 heterocycles. The van der Waals surface area contributed by atoms with Gasteiger partial charge < -0.3 is 21.1 Å². The number of pyridine rings is 1. The van der Waals surface area contributed by atoms with Gasteiger partial charge in [0, 0.05) is 35.5 Å². The number of aromatic nitrogens is 3. The Morgan fingerprint density at radius 1 is 1.13 bits per heavy atom. The van der Waals surface area contributed by atoms with Crippen LogP contribution in [-0.2, 0) is 4.74 Å². The number of aliphatic imine (C=N–C) groups is 1. The third kappa shape index (κ3) is 6.81. The van der Waals surface area contributed by atoms with Crippen molar-refractivity contribution in [2.24, 2.45) is 10.7 Å². The molecule has 0 bridgehead atoms. The molecule has 4 rings (SSSR count). The molecule has 0 aliphatic heterocycles. The summed E-state index contributed by atoms with van der Waals surface area (Å²) in [5.74, 6) is -0.358. The Morgan fingerprint density at radius 3 is 2.58 bits per heavy atom. The van der Waals surface area contributed by atoms with Gasteiger partial charge in [-0.15, -0.1) is 0 Å². The molecule has 2 amide bonds. The SMILES string of the molecule is CC(C)(C)OC(=O)N[C@H]1CCCC/C1=N\c1ncc(C(N)=O)c(Nc2ccc(-n3ccccc3=O)cc2)n1. The van der Waals surface area contributed by atoms with Gasteiger partial charge in [-0.2, -0.15) is 4.98 Å². The number of rotatable bonds is 6. The molecule has 2 aromatic heterocycles. The number of hydrogen-bond acceptors (Lipinski definition) is 8. The summed E-state index contributed by atoms with van der Waals surface area (Å²) >= 11 is 0. The van der Waals surface area contributed by atoms with Crippen molar-refractivity contribution >= 4 is 35.2 Å². The van der Waals surface area contributed by atoms with Crippen molar-refractivity contribution in [1.82, 2.24) is 19.9 Å². The molecule has 11 nitrogen and oxygen atoms in total. The lowest BCUT2D eigenvalue weighted by molar-refractivity contribution is 0.0514. The third-order valence-electron chi connectivity index (χ3n) is 5.78. The van der Waals surface area contributed by atoms with Crippen LogP contribution in [0.15, 0.2) is 64.6 Å². The summed E-state index contributed by atoms with van der Waals surface area (Å²) in [5, 5.41) is 5.99. The minimum atomic E-state index is -0.693. The second-order valence-electron chi connectivity index (χ2n) is 9.93. The maximum atomic E-state index is 12.3. The molecule has 1 saturated carbocycles. The zero-order valence-electron chi connectivity index (χ0n) is 21.6. The van der Waals surface area contributed by atoms with Gasteiger partial charge in [0.25, 0.3) is 17.4 Å². The van der Waals surface area contributed by atoms with Crippen molar-refractivity contribution in [3.05, 3.63) is 70.8 Å². The van der Waals surface area contributed by atoms with Gasteiger partial charge in [0.1, 0.15) is 17.0 Å². The fourth-order valence-electron chi connectivity index (χ4n) is 4.05. The monoisotopic (exact) mass is 517 g/mol. The number of ether oxygens (including phenoxy) is 1. The van der Waals surface area contributed by atoms with Gasteiger partial charge in [0.2, 0.25) is 0 Å². The fraction of sp³-hybridized carbons (Fsp3) is 0.333. The Hall–Kier alpha value is -4.54. The molecule has 1 aromatic carbocycles. The molecule has 11 heteroatoms. The number of hydrogen-bond donors (Lipinski definition) is 3. The number of anilines is 2. The number of nitrogens with zero attached hydrogens (tertiary/aromatic N) is 4. The molecule has 198 valence electrons. The molecule has 1 fully saturated rings. The van der Waals surface area contributed by atoms with Gasteiger partial charge in [-0.1, -0.05) is 12.5 Å². The largest absolute Gasteiger partial charge is 0.444 e. The summed E-state index contributed by atoms with van der Waals surface area (Å²) in [6.45, 7) is 5.42. The summed E-state index contributed by atoms with van der Waals surface area (Å²) in [4.78, 5) is 49.7. The predicted octanol–water partition coefficient (Wildman–Crippen LogP) is 4.01. The highest BCUT2D eigenvalue weighted by atomic mass is 16.6. The van der Waals surface area contributed by atoms with Crippen molar-refractivity contribution in [2.75, 3.05) is 5.32 Å². The van der Waals surface area contributed by atoms with Gasteiger partial charge in [-0.25, -0.2) is 14.8 Å². The van der Waals surface area contributed by atoms with E-state index in [1.807, 2.05) is 0 Å². The summed E-state index contributed by atoms with van der Waals surface area (Å²) in [6.07, 6.45) is 5.76. The van der Waals surface area contributed by atoms with E-state index < -0.39 is 17.6 Å². The second-order valence-corrected chi connectivity index (χ2v) is 9.93. The molecule has 0 unspecified atom stereocenters. The number of benzene rings is 1. The summed E-state index contributed by atoms with van der Waals surface area (Å²) < 4.78 is 6.91. The fourth-order valence-corrected chi connectivity index (χ4v) is 4.05. The standard InChI is InChI=1S/C27H31N7O4/c1-27(2,3)38-26(37)32-21-9-5-4-8-20(21)31-25-29-16-19(23(28)36)24(33-25)30-17-11-13-18(14-12-17)34-15-7-6-10-22(34)35/h6-7,10-16,21H,4-5,8-9H2,1-3H3,(H2,28,36)(H,32,37)(H,29,30,33)/b31-20+/t21-/m0/s1. The van der Waals surface area contributed by atoms with E-state index in [4.69, 9.17) is 10.5 Å². The molecule has 1 atom stereocenters. The first-order valence-electron chi connectivity index (χ1n) is 12.4. The lowest BCUT2D eigenvalue weighted by atomic mass is 9.93. The normalized spacial score (nSPS) is 16.6. The first-order chi connectivity index (χ1) is 18.1. The summed E-state index contributed by atoms with van der Waals surface area (Å²) in [7, 11) is 0. The van der Waals surface area contributed by atoms with Crippen LogP contribution in [0.3, 0.4) is 0 Å². The Kier molecular flexibility index (Phi) is 7.85. The first kappa shape index (κ1) is 26.5. The van der Waals surface area contributed by atoms with E-state index in [0.29, 0.717) is 17.8 Å². The van der Waals surface area contributed by atoms with Crippen molar-refractivity contribution in [2.45, 2.75) is 58.1 Å². The number of alkyl carbamates (subject to hydrolysis) is 1. The maximum Gasteiger partial charge on any atom is 0.408 e. The van der Waals surface area contributed by atoms with E-state index in [9.17, 15) is 14.4 Å². The number of amides is 2. The van der Waals surface area contributed by atoms with Crippen LogP contribution in [0.4, 0.5) is 22.2 Å². The summed E-state index contributed by atoms with van der Waals surface area (Å²) in [6, 6.07) is 11.7. The number of primary amides is 1. The molecule has 0 radical (unpaired) electrons. The smallest absolute Gasteiger partial charge is 0.408 e. The lowest BCUT2D eigenvalue weighted by Crippen LogP contribution is -2.44. The van der Waals surface area contributed by atoms with Crippen molar-refractivity contribution < 1.29 is 14.3 Å². The van der Waals surface area contributed by atoms with Crippen LogP contribution in [0.25, 0.3) is 5.69 Å². The average molecular weight is 518 g/mol. The highest BCUT2D eigenvalue weighted by Gasteiger charge is 2.25. The molecule has 1 aliphatic rings. The van der Waals surface area contributed by atoms with Crippen LogP contribution >= 0.6 is 0 Å². The van der Waals surface area contributed by atoms with Crippen molar-refractivity contribution in [3.8, 4) is 5.69 Å². The molecular formula is C27H31N7O4. The van der Waals surface area contributed by atoms with E-state index in [-0.39, 0.29) is 28.9 Å². The van der Waals surface area contributed by atoms with E-state index in [2.05, 4.69) is 25.6 Å². The van der Waals surface area contributed by atoms with Crippen LogP contribution in [-0.4, -0.2) is 43.9 Å². The van der Waals surface area contributed by atoms with Crippen LogP contribution in [0.5, 0.6) is 0 Å². The van der Waals surface area contributed by atoms with Crippen molar-refractivity contribution in [3.63, 3.8) is 0 Å². The minimum Gasteiger partial charge on any atom is -0.444 e. The number of carbonyl (C=O) groups excluding carboxylic acids is 2. The Balaban J connectivity index is 1.57. The quantitative estimate of drug-likeness (QED) is 0.446. The topological polar surface area (TPSA) is 154 Å². The Morgan fingerprint density at radius 2 is 1.89 bits per heavy atom. The molecular weight excluding hydrogens is 486 g/mol. The molecule has 3 aromatic rings. The van der Waals surface area contributed by atoms with E-state index in [1.54, 1.807) is 63.4 Å². The highest BCUT2D eigenvalue weighted by molar-refractivity contribution is 5.98. The summed E-state index contributed by atoms with van der Waals surface area (Å²) in [5.41, 5.74) is 6.94. The molecule has 4 N–H and O–H groups in total. The van der Waals surface area contributed by atoms with E-state index >= 15 is 0 Å². The van der Waals surface area contributed by atoms with Crippen LogP contribution in [0.1, 0.15) is 56.8 Å². The Labute approximate surface area is 220 Å². The lowest BCUT2D eigenvalue weighted by Gasteiger charge is -2.27. The maximum absolute atomic E-state index is 12.3. The molecule has 38 heavy (non-hydrogen) atoms. The van der Waals surface area contributed by atoms with Gasteiger partial charge in [-0.05, 0) is 70.4 Å². The Bertz CT molecular complexity index is 1410. The van der Waals surface area contributed by atoms with Gasteiger partial charge in [0.15, 0.2) is 0 Å². The number of carbonyl (C=O) groups is 2. The van der Waals surface area contributed by atoms with Crippen LogP contribution in [0.2, 0.25) is 0 Å². The molecule has 0 spiro atoms. The van der Waals surface area contributed by atoms with Crippen LogP contribution in [0, 0.1) is 0 Å². The van der Waals surface area contributed by atoms with E-state index in [0.717, 1.165) is 25.0 Å². The molecule has 0 saturated heterocycles. The average Bonchev–Trinajstić information content (AvgIpc) is 2.85. The van der Waals surface area contributed by atoms with E-state index in [1.165, 1.54) is 16.8 Å². The second kappa shape index (κ2) is 11.2. The van der Waals surface area contributed by atoms with Gasteiger partial charge in [0.05, 0.1) is 6.04 Å². The third-order valence-corrected chi connectivity index (χ3v) is 5.78. The van der Waals surface area contributed by atoms with Crippen molar-refractivity contribution in [1.29, 1.82) is 0 Å². The molecule has 1 aliphatic carbocycles.